The molecule has 0 aliphatic rings. The molecule has 0 bridgehead atoms. The molecule has 0 saturated carbocycles. The monoisotopic (exact) mass is 360 g/mol. The van der Waals surface area contributed by atoms with Crippen LogP contribution in [0.15, 0.2) is 48.5 Å². The molecule has 5 nitrogen and oxygen atoms in total. The maximum atomic E-state index is 12.7. The molecule has 0 heterocycles. The molecule has 2 aromatic carbocycles. The van der Waals surface area contributed by atoms with Gasteiger partial charge in [0.1, 0.15) is 11.8 Å². The van der Waals surface area contributed by atoms with Crippen LogP contribution in [0.25, 0.3) is 0 Å². The number of anilines is 1. The first kappa shape index (κ1) is 18.8. The van der Waals surface area contributed by atoms with Crippen molar-refractivity contribution in [3.05, 3.63) is 59.1 Å². The number of carbonyl (C=O) groups excluding carboxylic acids is 2. The Morgan fingerprint density at radius 3 is 2.48 bits per heavy atom. The normalized spacial score (nSPS) is 12.9. The van der Waals surface area contributed by atoms with Crippen LogP contribution in [0.5, 0.6) is 5.75 Å². The van der Waals surface area contributed by atoms with Gasteiger partial charge in [0.25, 0.3) is 5.91 Å². The van der Waals surface area contributed by atoms with Crippen molar-refractivity contribution >= 4 is 29.1 Å². The van der Waals surface area contributed by atoms with E-state index in [0.717, 1.165) is 0 Å². The van der Waals surface area contributed by atoms with E-state index in [1.54, 1.807) is 24.3 Å². The second-order valence-electron chi connectivity index (χ2n) is 5.85. The van der Waals surface area contributed by atoms with E-state index < -0.39 is 11.9 Å². The van der Waals surface area contributed by atoms with E-state index in [-0.39, 0.29) is 23.3 Å². The molecule has 6 heteroatoms. The van der Waals surface area contributed by atoms with Gasteiger partial charge in [-0.25, -0.2) is 0 Å². The summed E-state index contributed by atoms with van der Waals surface area (Å²) in [5.74, 6) is -0.906. The van der Waals surface area contributed by atoms with Crippen LogP contribution in [-0.2, 0) is 4.79 Å². The van der Waals surface area contributed by atoms with E-state index in [2.05, 4.69) is 10.6 Å². The zero-order chi connectivity index (χ0) is 18.4. The molecule has 2 unspecified atom stereocenters. The van der Waals surface area contributed by atoms with Crippen LogP contribution in [0.4, 0.5) is 5.69 Å². The Hall–Kier alpha value is -2.53. The SMILES string of the molecule is CCC(C)C(NC(=O)c1ccccc1)C(=O)Nc1cc(Cl)ccc1O. The predicted octanol–water partition coefficient (Wildman–Crippen LogP) is 3.83. The Labute approximate surface area is 152 Å². The first-order valence-corrected chi connectivity index (χ1v) is 8.45. The number of phenols is 1. The predicted molar refractivity (Wildman–Crippen MR) is 98.9 cm³/mol. The summed E-state index contributed by atoms with van der Waals surface area (Å²) in [6.45, 7) is 3.82. The number of hydrogen-bond acceptors (Lipinski definition) is 3. The molecule has 0 aromatic heterocycles. The van der Waals surface area contributed by atoms with Crippen molar-refractivity contribution < 1.29 is 14.7 Å². The van der Waals surface area contributed by atoms with Gasteiger partial charge in [0.15, 0.2) is 0 Å². The minimum atomic E-state index is -0.740. The lowest BCUT2D eigenvalue weighted by Crippen LogP contribution is -2.47. The van der Waals surface area contributed by atoms with Crippen molar-refractivity contribution in [1.82, 2.24) is 5.32 Å². The Kier molecular flexibility index (Phi) is 6.42. The highest BCUT2D eigenvalue weighted by Crippen LogP contribution is 2.27. The minimum Gasteiger partial charge on any atom is -0.506 e. The molecule has 2 aromatic rings. The van der Waals surface area contributed by atoms with Gasteiger partial charge < -0.3 is 15.7 Å². The molecule has 2 amide bonds. The molecule has 0 radical (unpaired) electrons. The first-order valence-electron chi connectivity index (χ1n) is 8.07. The number of carbonyl (C=O) groups is 2. The molecule has 2 atom stereocenters. The van der Waals surface area contributed by atoms with Gasteiger partial charge in [0.2, 0.25) is 5.91 Å². The van der Waals surface area contributed by atoms with Crippen molar-refractivity contribution in [3.63, 3.8) is 0 Å². The van der Waals surface area contributed by atoms with E-state index in [0.29, 0.717) is 17.0 Å². The third kappa shape index (κ3) is 4.97. The highest BCUT2D eigenvalue weighted by atomic mass is 35.5. The van der Waals surface area contributed by atoms with Gasteiger partial charge in [0.05, 0.1) is 5.69 Å². The molecule has 0 aliphatic heterocycles. The second-order valence-corrected chi connectivity index (χ2v) is 6.29. The van der Waals surface area contributed by atoms with Crippen LogP contribution >= 0.6 is 11.6 Å². The summed E-state index contributed by atoms with van der Waals surface area (Å²) >= 11 is 5.90. The van der Waals surface area contributed by atoms with Gasteiger partial charge in [-0.2, -0.15) is 0 Å². The van der Waals surface area contributed by atoms with E-state index in [4.69, 9.17) is 11.6 Å². The molecular weight excluding hydrogens is 340 g/mol. The summed E-state index contributed by atoms with van der Waals surface area (Å²) in [6, 6.07) is 12.4. The smallest absolute Gasteiger partial charge is 0.251 e. The van der Waals surface area contributed by atoms with Crippen molar-refractivity contribution in [1.29, 1.82) is 0 Å². The van der Waals surface area contributed by atoms with Crippen LogP contribution in [0.2, 0.25) is 5.02 Å². The summed E-state index contributed by atoms with van der Waals surface area (Å²) in [7, 11) is 0. The number of amides is 2. The maximum absolute atomic E-state index is 12.7. The summed E-state index contributed by atoms with van der Waals surface area (Å²) in [5.41, 5.74) is 0.689. The Balaban J connectivity index is 2.17. The second kappa shape index (κ2) is 8.53. The topological polar surface area (TPSA) is 78.4 Å². The molecule has 132 valence electrons. The van der Waals surface area contributed by atoms with Gasteiger partial charge in [0, 0.05) is 10.6 Å². The molecule has 0 saturated heterocycles. The van der Waals surface area contributed by atoms with Crippen molar-refractivity contribution in [2.75, 3.05) is 5.32 Å². The van der Waals surface area contributed by atoms with Gasteiger partial charge in [-0.3, -0.25) is 9.59 Å². The van der Waals surface area contributed by atoms with Crippen molar-refractivity contribution in [3.8, 4) is 5.75 Å². The number of rotatable bonds is 6. The lowest BCUT2D eigenvalue weighted by Gasteiger charge is -2.24. The van der Waals surface area contributed by atoms with Crippen LogP contribution < -0.4 is 10.6 Å². The summed E-state index contributed by atoms with van der Waals surface area (Å²) in [5, 5.41) is 15.7. The highest BCUT2D eigenvalue weighted by molar-refractivity contribution is 6.31. The van der Waals surface area contributed by atoms with E-state index in [1.165, 1.54) is 18.2 Å². The molecule has 0 aliphatic carbocycles. The van der Waals surface area contributed by atoms with Crippen LogP contribution in [0, 0.1) is 5.92 Å². The van der Waals surface area contributed by atoms with Gasteiger partial charge in [-0.05, 0) is 36.2 Å². The number of benzene rings is 2. The van der Waals surface area contributed by atoms with E-state index in [1.807, 2.05) is 19.9 Å². The molecular formula is C19H21ClN2O3. The van der Waals surface area contributed by atoms with Gasteiger partial charge in [-0.15, -0.1) is 0 Å². The number of halogens is 1. The first-order chi connectivity index (χ1) is 11.9. The number of nitrogens with one attached hydrogen (secondary N) is 2. The lowest BCUT2D eigenvalue weighted by molar-refractivity contribution is -0.119. The Bertz CT molecular complexity index is 750. The number of hydrogen-bond donors (Lipinski definition) is 3. The molecule has 0 spiro atoms. The van der Waals surface area contributed by atoms with E-state index >= 15 is 0 Å². The van der Waals surface area contributed by atoms with Gasteiger partial charge in [-0.1, -0.05) is 50.1 Å². The molecule has 25 heavy (non-hydrogen) atoms. The molecule has 3 N–H and O–H groups in total. The number of aromatic hydroxyl groups is 1. The Morgan fingerprint density at radius 1 is 1.16 bits per heavy atom. The van der Waals surface area contributed by atoms with Crippen LogP contribution in [0.1, 0.15) is 30.6 Å². The third-order valence-electron chi connectivity index (χ3n) is 4.03. The third-order valence-corrected chi connectivity index (χ3v) is 4.27. The fourth-order valence-electron chi connectivity index (χ4n) is 2.33. The maximum Gasteiger partial charge on any atom is 0.251 e. The van der Waals surface area contributed by atoms with Gasteiger partial charge >= 0.3 is 0 Å². The van der Waals surface area contributed by atoms with Crippen LogP contribution in [0.3, 0.4) is 0 Å². The van der Waals surface area contributed by atoms with Crippen molar-refractivity contribution in [2.45, 2.75) is 26.3 Å². The summed E-state index contributed by atoms with van der Waals surface area (Å²) in [6.07, 6.45) is 0.703. The average molecular weight is 361 g/mol. The molecule has 0 fully saturated rings. The number of phenolic OH excluding ortho intramolecular Hbond substituents is 1. The largest absolute Gasteiger partial charge is 0.506 e. The highest BCUT2D eigenvalue weighted by Gasteiger charge is 2.27. The Morgan fingerprint density at radius 2 is 1.84 bits per heavy atom. The summed E-state index contributed by atoms with van der Waals surface area (Å²) < 4.78 is 0. The lowest BCUT2D eigenvalue weighted by atomic mass is 9.97. The quantitative estimate of drug-likeness (QED) is 0.685. The van der Waals surface area contributed by atoms with Crippen LogP contribution in [-0.4, -0.2) is 23.0 Å². The fourth-order valence-corrected chi connectivity index (χ4v) is 2.51. The molecule has 2 rings (SSSR count). The fraction of sp³-hybridized carbons (Fsp3) is 0.263. The van der Waals surface area contributed by atoms with E-state index in [9.17, 15) is 14.7 Å². The minimum absolute atomic E-state index is 0.0879. The van der Waals surface area contributed by atoms with Crippen molar-refractivity contribution in [2.24, 2.45) is 5.92 Å². The average Bonchev–Trinajstić information content (AvgIpc) is 2.62. The zero-order valence-corrected chi connectivity index (χ0v) is 14.9. The zero-order valence-electron chi connectivity index (χ0n) is 14.1. The standard InChI is InChI=1S/C19H21ClN2O3/c1-3-12(2)17(22-18(24)13-7-5-4-6-8-13)19(25)21-15-11-14(20)9-10-16(15)23/h4-12,17,23H,3H2,1-2H3,(H,21,25)(H,22,24). The summed E-state index contributed by atoms with van der Waals surface area (Å²) in [4.78, 5) is 25.1.